The number of fused-ring (bicyclic) bond motifs is 3. The van der Waals surface area contributed by atoms with E-state index < -0.39 is 0 Å². The minimum Gasteiger partial charge on any atom is -0.351 e. The van der Waals surface area contributed by atoms with E-state index in [1.165, 1.54) is 16.5 Å². The zero-order valence-corrected chi connectivity index (χ0v) is 16.0. The lowest BCUT2D eigenvalue weighted by Gasteiger charge is -2.07. The van der Waals surface area contributed by atoms with Gasteiger partial charge in [-0.25, -0.2) is 9.97 Å². The number of halogens is 1. The number of hydrogen-bond donors (Lipinski definition) is 1. The van der Waals surface area contributed by atoms with Crippen LogP contribution in [0.15, 0.2) is 59.9 Å². The van der Waals surface area contributed by atoms with Gasteiger partial charge >= 0.3 is 0 Å². The third-order valence-corrected chi connectivity index (χ3v) is 6.55. The molecule has 0 atom stereocenters. The van der Waals surface area contributed by atoms with Crippen LogP contribution in [-0.4, -0.2) is 21.6 Å². The quantitative estimate of drug-likeness (QED) is 0.383. The minimum atomic E-state index is -0.0530. The normalized spacial score (nSPS) is 11.1. The first-order valence-electron chi connectivity index (χ1n) is 7.97. The van der Waals surface area contributed by atoms with Gasteiger partial charge in [0.2, 0.25) is 5.91 Å². The average Bonchev–Trinajstić information content (AvgIpc) is 3.05. The molecule has 0 fully saturated rings. The lowest BCUT2D eigenvalue weighted by atomic mass is 10.2. The minimum absolute atomic E-state index is 0.0530. The summed E-state index contributed by atoms with van der Waals surface area (Å²) in [5.74, 6) is 0.243. The van der Waals surface area contributed by atoms with Gasteiger partial charge in [0.25, 0.3) is 0 Å². The van der Waals surface area contributed by atoms with Gasteiger partial charge in [-0.2, -0.15) is 0 Å². The summed E-state index contributed by atoms with van der Waals surface area (Å²) in [5, 5.41) is 5.52. The monoisotopic (exact) mass is 399 g/mol. The summed E-state index contributed by atoms with van der Waals surface area (Å²) in [5.41, 5.74) is 1.85. The second kappa shape index (κ2) is 7.61. The Balaban J connectivity index is 1.46. The Morgan fingerprint density at radius 3 is 2.81 bits per heavy atom. The van der Waals surface area contributed by atoms with Gasteiger partial charge in [0.15, 0.2) is 0 Å². The smallest absolute Gasteiger partial charge is 0.230 e. The number of amides is 1. The molecule has 0 radical (unpaired) electrons. The van der Waals surface area contributed by atoms with Crippen molar-refractivity contribution in [2.24, 2.45) is 0 Å². The summed E-state index contributed by atoms with van der Waals surface area (Å²) >= 11 is 9.20. The van der Waals surface area contributed by atoms with Gasteiger partial charge in [0, 0.05) is 21.7 Å². The van der Waals surface area contributed by atoms with Crippen molar-refractivity contribution in [3.63, 3.8) is 0 Å². The molecule has 0 aliphatic heterocycles. The summed E-state index contributed by atoms with van der Waals surface area (Å²) in [6.07, 6.45) is 1.56. The summed E-state index contributed by atoms with van der Waals surface area (Å²) in [4.78, 5) is 21.0. The maximum absolute atomic E-state index is 12.2. The standard InChI is InChI=1S/C19H14ClN3OS2/c20-14-7-3-1-5-12(14)9-21-16(24)10-25-19-18-17(22-11-23-19)13-6-2-4-8-15(13)26-18/h1-8,11H,9-10H2,(H,21,24). The molecule has 1 N–H and O–H groups in total. The fourth-order valence-electron chi connectivity index (χ4n) is 2.63. The van der Waals surface area contributed by atoms with Gasteiger partial charge in [0.05, 0.1) is 16.0 Å². The Labute approximate surface area is 163 Å². The van der Waals surface area contributed by atoms with Crippen LogP contribution >= 0.6 is 34.7 Å². The molecule has 1 amide bonds. The van der Waals surface area contributed by atoms with Crippen molar-refractivity contribution in [3.05, 3.63) is 65.4 Å². The molecule has 130 valence electrons. The second-order valence-electron chi connectivity index (χ2n) is 5.61. The third kappa shape index (κ3) is 3.53. The Morgan fingerprint density at radius 2 is 1.92 bits per heavy atom. The van der Waals surface area contributed by atoms with Gasteiger partial charge in [-0.15, -0.1) is 11.3 Å². The first kappa shape index (κ1) is 17.3. The van der Waals surface area contributed by atoms with Gasteiger partial charge in [-0.3, -0.25) is 4.79 Å². The topological polar surface area (TPSA) is 54.9 Å². The number of thioether (sulfide) groups is 1. The van der Waals surface area contributed by atoms with Crippen LogP contribution in [0, 0.1) is 0 Å². The van der Waals surface area contributed by atoms with Gasteiger partial charge in [-0.1, -0.05) is 59.8 Å². The fraction of sp³-hybridized carbons (Fsp3) is 0.105. The Kier molecular flexibility index (Phi) is 5.06. The molecule has 0 saturated heterocycles. The molecule has 0 bridgehead atoms. The highest BCUT2D eigenvalue weighted by molar-refractivity contribution is 8.00. The van der Waals surface area contributed by atoms with Gasteiger partial charge < -0.3 is 5.32 Å². The maximum atomic E-state index is 12.2. The molecule has 0 aliphatic rings. The molecule has 7 heteroatoms. The number of nitrogens with zero attached hydrogens (tertiary/aromatic N) is 2. The third-order valence-electron chi connectivity index (χ3n) is 3.90. The van der Waals surface area contributed by atoms with E-state index in [0.717, 1.165) is 26.2 Å². The zero-order valence-electron chi connectivity index (χ0n) is 13.6. The number of rotatable bonds is 5. The lowest BCUT2D eigenvalue weighted by molar-refractivity contribution is -0.118. The van der Waals surface area contributed by atoms with Gasteiger partial charge in [-0.05, 0) is 17.7 Å². The number of carbonyl (C=O) groups excluding carboxylic acids is 1. The van der Waals surface area contributed by atoms with E-state index in [4.69, 9.17) is 11.6 Å². The lowest BCUT2D eigenvalue weighted by Crippen LogP contribution is -2.24. The Bertz CT molecular complexity index is 1100. The molecule has 4 rings (SSSR count). The molecule has 0 spiro atoms. The largest absolute Gasteiger partial charge is 0.351 e. The number of benzene rings is 2. The Hall–Kier alpha value is -2.15. The second-order valence-corrected chi connectivity index (χ2v) is 8.04. The first-order chi connectivity index (χ1) is 12.7. The van der Waals surface area contributed by atoms with E-state index in [0.29, 0.717) is 17.3 Å². The summed E-state index contributed by atoms with van der Waals surface area (Å²) < 4.78 is 2.20. The molecule has 2 aromatic heterocycles. The van der Waals surface area contributed by atoms with Crippen molar-refractivity contribution in [2.45, 2.75) is 11.6 Å². The highest BCUT2D eigenvalue weighted by atomic mass is 35.5. The van der Waals surface area contributed by atoms with Crippen LogP contribution in [0.5, 0.6) is 0 Å². The molecule has 4 nitrogen and oxygen atoms in total. The van der Waals surface area contributed by atoms with E-state index in [-0.39, 0.29) is 5.91 Å². The average molecular weight is 400 g/mol. The summed E-state index contributed by atoms with van der Waals surface area (Å²) in [7, 11) is 0. The van der Waals surface area contributed by atoms with Crippen molar-refractivity contribution in [2.75, 3.05) is 5.75 Å². The van der Waals surface area contributed by atoms with Crippen molar-refractivity contribution < 1.29 is 4.79 Å². The van der Waals surface area contributed by atoms with Crippen LogP contribution in [0.25, 0.3) is 20.3 Å². The Morgan fingerprint density at radius 1 is 1.12 bits per heavy atom. The van der Waals surface area contributed by atoms with E-state index in [1.54, 1.807) is 17.7 Å². The van der Waals surface area contributed by atoms with E-state index in [9.17, 15) is 4.79 Å². The van der Waals surface area contributed by atoms with Crippen molar-refractivity contribution in [1.82, 2.24) is 15.3 Å². The zero-order chi connectivity index (χ0) is 17.9. The number of thiophene rings is 1. The molecule has 0 aliphatic carbocycles. The van der Waals surface area contributed by atoms with E-state index in [1.807, 2.05) is 36.4 Å². The van der Waals surface area contributed by atoms with Crippen molar-refractivity contribution in [3.8, 4) is 0 Å². The number of carbonyl (C=O) groups is 1. The molecule has 26 heavy (non-hydrogen) atoms. The molecule has 2 aromatic carbocycles. The highest BCUT2D eigenvalue weighted by Gasteiger charge is 2.13. The van der Waals surface area contributed by atoms with Crippen LogP contribution in [0.3, 0.4) is 0 Å². The van der Waals surface area contributed by atoms with Crippen LogP contribution in [0.2, 0.25) is 5.02 Å². The van der Waals surface area contributed by atoms with E-state index >= 15 is 0 Å². The predicted octanol–water partition coefficient (Wildman–Crippen LogP) is 4.91. The number of hydrogen-bond acceptors (Lipinski definition) is 5. The van der Waals surface area contributed by atoms with Crippen LogP contribution in [0.4, 0.5) is 0 Å². The van der Waals surface area contributed by atoms with Gasteiger partial charge in [0.1, 0.15) is 11.4 Å². The van der Waals surface area contributed by atoms with Crippen molar-refractivity contribution >= 4 is 60.9 Å². The molecule has 4 aromatic rings. The van der Waals surface area contributed by atoms with Crippen LogP contribution < -0.4 is 5.32 Å². The van der Waals surface area contributed by atoms with Crippen molar-refractivity contribution in [1.29, 1.82) is 0 Å². The number of aromatic nitrogens is 2. The summed E-state index contributed by atoms with van der Waals surface area (Å²) in [6.45, 7) is 0.418. The SMILES string of the molecule is O=C(CSc1ncnc2c1sc1ccccc12)NCc1ccccc1Cl. The molecular formula is C19H14ClN3OS2. The summed E-state index contributed by atoms with van der Waals surface area (Å²) in [6, 6.07) is 15.7. The number of nitrogens with one attached hydrogen (secondary N) is 1. The van der Waals surface area contributed by atoms with E-state index in [2.05, 4.69) is 27.4 Å². The molecule has 0 saturated carbocycles. The van der Waals surface area contributed by atoms with Crippen LogP contribution in [-0.2, 0) is 11.3 Å². The molecule has 0 unspecified atom stereocenters. The molecule has 2 heterocycles. The van der Waals surface area contributed by atoms with Crippen LogP contribution in [0.1, 0.15) is 5.56 Å². The first-order valence-corrected chi connectivity index (χ1v) is 10.2. The maximum Gasteiger partial charge on any atom is 0.230 e. The highest BCUT2D eigenvalue weighted by Crippen LogP contribution is 2.36. The predicted molar refractivity (Wildman–Crippen MR) is 109 cm³/mol. The fourth-order valence-corrected chi connectivity index (χ4v) is 4.89. The molecular weight excluding hydrogens is 386 g/mol.